The molecule has 1 aromatic carbocycles. The van der Waals surface area contributed by atoms with Crippen LogP contribution in [0.25, 0.3) is 6.08 Å². The van der Waals surface area contributed by atoms with Crippen LogP contribution in [0.5, 0.6) is 0 Å². The van der Waals surface area contributed by atoms with Crippen LogP contribution in [0.4, 0.5) is 4.79 Å². The molecule has 2 heterocycles. The summed E-state index contributed by atoms with van der Waals surface area (Å²) in [4.78, 5) is 37.8. The van der Waals surface area contributed by atoms with Crippen molar-refractivity contribution in [2.24, 2.45) is 0 Å². The van der Waals surface area contributed by atoms with Gasteiger partial charge in [-0.05, 0) is 48.4 Å². The molecule has 0 aromatic heterocycles. The average Bonchev–Trinajstić information content (AvgIpc) is 3.21. The quantitative estimate of drug-likeness (QED) is 0.747. The standard InChI is InChI=1S/C17H16Cl2N2O4S/c18-11-4-3-10(12(19)9-11)8-14-16(23)21(17(24)26-14)6-5-20-15(22)13-2-1-7-25-13/h3-4,8-9,13H,1-2,5-7H2,(H,20,22)/b14-8-/t13-/m1/s1. The number of nitrogens with zero attached hydrogens (tertiary/aromatic N) is 1. The molecular formula is C17H16Cl2N2O4S. The Morgan fingerprint density at radius 3 is 2.88 bits per heavy atom. The molecule has 0 saturated carbocycles. The SMILES string of the molecule is O=C(NCCN1C(=O)S/C(=C\c2ccc(Cl)cc2Cl)C1=O)[C@H]1CCCO1. The van der Waals surface area contributed by atoms with Crippen molar-refractivity contribution in [3.8, 4) is 0 Å². The van der Waals surface area contributed by atoms with E-state index in [2.05, 4.69) is 5.32 Å². The van der Waals surface area contributed by atoms with Crippen LogP contribution in [0, 0.1) is 0 Å². The Balaban J connectivity index is 1.59. The van der Waals surface area contributed by atoms with Crippen molar-refractivity contribution >= 4 is 58.1 Å². The lowest BCUT2D eigenvalue weighted by Crippen LogP contribution is -2.40. The molecule has 1 N–H and O–H groups in total. The Hall–Kier alpha value is -1.54. The van der Waals surface area contributed by atoms with Crippen molar-refractivity contribution in [1.82, 2.24) is 10.2 Å². The van der Waals surface area contributed by atoms with Crippen LogP contribution in [0.2, 0.25) is 10.0 Å². The molecule has 0 unspecified atom stereocenters. The molecule has 2 aliphatic heterocycles. The van der Waals surface area contributed by atoms with Crippen molar-refractivity contribution in [3.05, 3.63) is 38.7 Å². The van der Waals surface area contributed by atoms with Gasteiger partial charge < -0.3 is 10.1 Å². The van der Waals surface area contributed by atoms with E-state index in [1.807, 2.05) is 0 Å². The van der Waals surface area contributed by atoms with Crippen LogP contribution in [-0.4, -0.2) is 47.8 Å². The first kappa shape index (κ1) is 19.2. The van der Waals surface area contributed by atoms with Crippen LogP contribution in [0.1, 0.15) is 18.4 Å². The lowest BCUT2D eigenvalue weighted by atomic mass is 10.2. The van der Waals surface area contributed by atoms with Crippen molar-refractivity contribution in [1.29, 1.82) is 0 Å². The van der Waals surface area contributed by atoms with Gasteiger partial charge in [-0.25, -0.2) is 0 Å². The molecule has 0 radical (unpaired) electrons. The number of nitrogens with one attached hydrogen (secondary N) is 1. The average molecular weight is 415 g/mol. The minimum Gasteiger partial charge on any atom is -0.368 e. The fourth-order valence-electron chi connectivity index (χ4n) is 2.64. The van der Waals surface area contributed by atoms with Crippen LogP contribution < -0.4 is 5.32 Å². The van der Waals surface area contributed by atoms with Gasteiger partial charge in [-0.1, -0.05) is 29.3 Å². The molecule has 2 aliphatic rings. The zero-order chi connectivity index (χ0) is 18.7. The number of benzene rings is 1. The maximum atomic E-state index is 12.4. The summed E-state index contributed by atoms with van der Waals surface area (Å²) in [6.07, 6.45) is 2.68. The third-order valence-electron chi connectivity index (χ3n) is 3.98. The van der Waals surface area contributed by atoms with E-state index in [1.165, 1.54) is 0 Å². The van der Waals surface area contributed by atoms with E-state index in [9.17, 15) is 14.4 Å². The van der Waals surface area contributed by atoms with E-state index in [-0.39, 0.29) is 29.1 Å². The largest absolute Gasteiger partial charge is 0.368 e. The van der Waals surface area contributed by atoms with Gasteiger partial charge in [0.1, 0.15) is 6.10 Å². The van der Waals surface area contributed by atoms with Gasteiger partial charge in [-0.2, -0.15) is 0 Å². The molecule has 138 valence electrons. The minimum atomic E-state index is -0.433. The number of carbonyl (C=O) groups excluding carboxylic acids is 3. The molecule has 3 amide bonds. The predicted octanol–water partition coefficient (Wildman–Crippen LogP) is 3.32. The normalized spacial score (nSPS) is 21.7. The van der Waals surface area contributed by atoms with E-state index in [0.717, 1.165) is 23.1 Å². The highest BCUT2D eigenvalue weighted by Gasteiger charge is 2.35. The van der Waals surface area contributed by atoms with Crippen LogP contribution >= 0.6 is 35.0 Å². The zero-order valence-corrected chi connectivity index (χ0v) is 16.0. The predicted molar refractivity (Wildman–Crippen MR) is 101 cm³/mol. The number of thioether (sulfide) groups is 1. The monoisotopic (exact) mass is 414 g/mol. The zero-order valence-electron chi connectivity index (χ0n) is 13.7. The second-order valence-corrected chi connectivity index (χ2v) is 7.63. The van der Waals surface area contributed by atoms with Gasteiger partial charge in [0.15, 0.2) is 0 Å². The fourth-order valence-corrected chi connectivity index (χ4v) is 3.96. The Morgan fingerprint density at radius 1 is 1.38 bits per heavy atom. The van der Waals surface area contributed by atoms with Crippen LogP contribution in [-0.2, 0) is 14.3 Å². The number of hydrogen-bond acceptors (Lipinski definition) is 5. The maximum Gasteiger partial charge on any atom is 0.293 e. The van der Waals surface area contributed by atoms with E-state index in [1.54, 1.807) is 24.3 Å². The van der Waals surface area contributed by atoms with Gasteiger partial charge in [0.05, 0.1) is 4.91 Å². The Bertz CT molecular complexity index is 778. The molecule has 2 saturated heterocycles. The molecule has 0 spiro atoms. The second kappa shape index (κ2) is 8.43. The van der Waals surface area contributed by atoms with E-state index >= 15 is 0 Å². The minimum absolute atomic E-state index is 0.106. The summed E-state index contributed by atoms with van der Waals surface area (Å²) in [7, 11) is 0. The summed E-state index contributed by atoms with van der Waals surface area (Å²) >= 11 is 12.8. The highest BCUT2D eigenvalue weighted by atomic mass is 35.5. The molecule has 6 nitrogen and oxygen atoms in total. The van der Waals surface area contributed by atoms with Gasteiger partial charge in [0.25, 0.3) is 11.1 Å². The molecule has 26 heavy (non-hydrogen) atoms. The smallest absolute Gasteiger partial charge is 0.293 e. The summed E-state index contributed by atoms with van der Waals surface area (Å²) in [6, 6.07) is 4.91. The molecule has 2 fully saturated rings. The van der Waals surface area contributed by atoms with E-state index in [0.29, 0.717) is 28.6 Å². The number of hydrogen-bond donors (Lipinski definition) is 1. The lowest BCUT2D eigenvalue weighted by Gasteiger charge is -2.14. The molecule has 9 heteroatoms. The van der Waals surface area contributed by atoms with Crippen LogP contribution in [0.3, 0.4) is 0 Å². The number of carbonyl (C=O) groups is 3. The third-order valence-corrected chi connectivity index (χ3v) is 5.45. The van der Waals surface area contributed by atoms with Gasteiger partial charge in [0, 0.05) is 29.7 Å². The highest BCUT2D eigenvalue weighted by molar-refractivity contribution is 8.18. The van der Waals surface area contributed by atoms with Crippen molar-refractivity contribution in [2.75, 3.05) is 19.7 Å². The Labute approximate surface area is 164 Å². The molecule has 1 aromatic rings. The molecule has 1 atom stereocenters. The summed E-state index contributed by atoms with van der Waals surface area (Å²) in [5.74, 6) is -0.615. The van der Waals surface area contributed by atoms with Gasteiger partial charge in [-0.3, -0.25) is 19.3 Å². The molecule has 3 rings (SSSR count). The number of imide groups is 1. The summed E-state index contributed by atoms with van der Waals surface area (Å²) in [5, 5.41) is 3.21. The summed E-state index contributed by atoms with van der Waals surface area (Å²) in [5.41, 5.74) is 0.605. The highest BCUT2D eigenvalue weighted by Crippen LogP contribution is 2.33. The van der Waals surface area contributed by atoms with E-state index in [4.69, 9.17) is 27.9 Å². The topological polar surface area (TPSA) is 75.7 Å². The molecule has 0 aliphatic carbocycles. The Morgan fingerprint density at radius 2 is 2.19 bits per heavy atom. The first-order valence-electron chi connectivity index (χ1n) is 8.05. The van der Waals surface area contributed by atoms with Crippen molar-refractivity contribution in [3.63, 3.8) is 0 Å². The fraction of sp³-hybridized carbons (Fsp3) is 0.353. The first-order chi connectivity index (χ1) is 12.5. The number of rotatable bonds is 5. The van der Waals surface area contributed by atoms with Gasteiger partial charge in [-0.15, -0.1) is 0 Å². The number of halogens is 2. The lowest BCUT2D eigenvalue weighted by molar-refractivity contribution is -0.130. The second-order valence-electron chi connectivity index (χ2n) is 5.79. The van der Waals surface area contributed by atoms with Crippen molar-refractivity contribution < 1.29 is 19.1 Å². The van der Waals surface area contributed by atoms with Crippen molar-refractivity contribution in [2.45, 2.75) is 18.9 Å². The Kier molecular flexibility index (Phi) is 6.24. The maximum absolute atomic E-state index is 12.4. The molecule has 0 bridgehead atoms. The first-order valence-corrected chi connectivity index (χ1v) is 9.62. The van der Waals surface area contributed by atoms with Crippen LogP contribution in [0.15, 0.2) is 23.1 Å². The number of ether oxygens (including phenoxy) is 1. The van der Waals surface area contributed by atoms with E-state index < -0.39 is 12.0 Å². The molecular weight excluding hydrogens is 399 g/mol. The van der Waals surface area contributed by atoms with Gasteiger partial charge >= 0.3 is 0 Å². The summed E-state index contributed by atoms with van der Waals surface area (Å²) in [6.45, 7) is 0.875. The summed E-state index contributed by atoms with van der Waals surface area (Å²) < 4.78 is 5.29. The number of amides is 3. The van der Waals surface area contributed by atoms with Gasteiger partial charge in [0.2, 0.25) is 5.91 Å². The third kappa shape index (κ3) is 4.40.